The summed E-state index contributed by atoms with van der Waals surface area (Å²) in [6.45, 7) is 1.83. The summed E-state index contributed by atoms with van der Waals surface area (Å²) in [5.74, 6) is -0.980. The van der Waals surface area contributed by atoms with E-state index in [-0.39, 0.29) is 5.56 Å². The van der Waals surface area contributed by atoms with Gasteiger partial charge in [0.05, 0.1) is 5.56 Å². The maximum Gasteiger partial charge on any atom is 0.338 e. The summed E-state index contributed by atoms with van der Waals surface area (Å²) in [4.78, 5) is 16.7. The molecule has 0 radical (unpaired) electrons. The minimum absolute atomic E-state index is 0.200. The molecule has 0 aliphatic rings. The lowest BCUT2D eigenvalue weighted by molar-refractivity contribution is 0.0692. The topological polar surface area (TPSA) is 50.2 Å². The van der Waals surface area contributed by atoms with Gasteiger partial charge in [0.25, 0.3) is 0 Å². The van der Waals surface area contributed by atoms with E-state index in [4.69, 9.17) is 16.7 Å². The van der Waals surface area contributed by atoms with Gasteiger partial charge in [-0.1, -0.05) is 29.4 Å². The van der Waals surface area contributed by atoms with Crippen molar-refractivity contribution < 1.29 is 9.90 Å². The number of benzene rings is 1. The Kier molecular flexibility index (Phi) is 3.89. The normalized spacial score (nSPS) is 10.3. The molecule has 0 aliphatic carbocycles. The first-order valence-corrected chi connectivity index (χ1v) is 6.39. The molecule has 2 rings (SSSR count). The second kappa shape index (κ2) is 5.42. The van der Waals surface area contributed by atoms with Crippen LogP contribution in [-0.4, -0.2) is 16.1 Å². The third-order valence-corrected chi connectivity index (χ3v) is 3.54. The van der Waals surface area contributed by atoms with Crippen molar-refractivity contribution >= 4 is 29.3 Å². The minimum Gasteiger partial charge on any atom is -0.478 e. The number of pyridine rings is 1. The van der Waals surface area contributed by atoms with Gasteiger partial charge in [0.1, 0.15) is 0 Å². The van der Waals surface area contributed by atoms with Crippen LogP contribution in [0.4, 0.5) is 0 Å². The Morgan fingerprint density at radius 2 is 2.17 bits per heavy atom. The molecule has 1 aromatic carbocycles. The Morgan fingerprint density at radius 3 is 2.83 bits per heavy atom. The fourth-order valence-corrected chi connectivity index (χ4v) is 2.76. The van der Waals surface area contributed by atoms with Gasteiger partial charge in [-0.25, -0.2) is 4.79 Å². The summed E-state index contributed by atoms with van der Waals surface area (Å²) in [5, 5.41) is 9.74. The molecule has 0 aliphatic heterocycles. The van der Waals surface area contributed by atoms with Crippen LogP contribution in [0.1, 0.15) is 16.1 Å². The van der Waals surface area contributed by atoms with Crippen LogP contribution in [0, 0.1) is 6.92 Å². The van der Waals surface area contributed by atoms with E-state index in [0.717, 1.165) is 10.6 Å². The smallest absolute Gasteiger partial charge is 0.338 e. The van der Waals surface area contributed by atoms with Gasteiger partial charge < -0.3 is 5.11 Å². The van der Waals surface area contributed by atoms with Gasteiger partial charge in [0.15, 0.2) is 0 Å². The van der Waals surface area contributed by atoms with Crippen molar-refractivity contribution in [1.82, 2.24) is 4.98 Å². The molecule has 0 unspecified atom stereocenters. The Hall–Kier alpha value is -1.52. The monoisotopic (exact) mass is 279 g/mol. The molecule has 5 heteroatoms. The average Bonchev–Trinajstić information content (AvgIpc) is 2.28. The molecule has 0 bridgehead atoms. The van der Waals surface area contributed by atoms with Gasteiger partial charge in [-0.2, -0.15) is 0 Å². The van der Waals surface area contributed by atoms with Crippen LogP contribution >= 0.6 is 23.4 Å². The second-order valence-corrected chi connectivity index (χ2v) is 5.24. The molecule has 1 aromatic heterocycles. The molecule has 18 heavy (non-hydrogen) atoms. The lowest BCUT2D eigenvalue weighted by atomic mass is 10.2. The largest absolute Gasteiger partial charge is 0.478 e. The number of halogens is 1. The van der Waals surface area contributed by atoms with E-state index in [1.165, 1.54) is 18.0 Å². The number of carbonyl (C=O) groups is 1. The summed E-state index contributed by atoms with van der Waals surface area (Å²) < 4.78 is 0. The molecule has 0 spiro atoms. The van der Waals surface area contributed by atoms with Crippen molar-refractivity contribution in [2.75, 3.05) is 0 Å². The minimum atomic E-state index is -0.980. The highest BCUT2D eigenvalue weighted by Gasteiger charge is 2.12. The quantitative estimate of drug-likeness (QED) is 0.926. The number of aromatic nitrogens is 1. The highest BCUT2D eigenvalue weighted by atomic mass is 35.5. The third kappa shape index (κ3) is 3.03. The molecule has 92 valence electrons. The molecule has 3 nitrogen and oxygen atoms in total. The maximum atomic E-state index is 11.1. The highest BCUT2D eigenvalue weighted by Crippen LogP contribution is 2.31. The number of nitrogens with zero attached hydrogens (tertiary/aromatic N) is 1. The molecule has 1 N–H and O–H groups in total. The van der Waals surface area contributed by atoms with Gasteiger partial charge in [0, 0.05) is 26.7 Å². The fourth-order valence-electron chi connectivity index (χ4n) is 1.44. The first-order valence-electron chi connectivity index (χ1n) is 5.19. The number of carboxylic acid groups (broad SMARTS) is 1. The van der Waals surface area contributed by atoms with Gasteiger partial charge in [-0.3, -0.25) is 4.98 Å². The second-order valence-electron chi connectivity index (χ2n) is 3.69. The fraction of sp³-hybridized carbons (Fsp3) is 0.0769. The lowest BCUT2D eigenvalue weighted by Crippen LogP contribution is -2.00. The number of rotatable bonds is 3. The van der Waals surface area contributed by atoms with E-state index in [1.54, 1.807) is 18.2 Å². The van der Waals surface area contributed by atoms with Crippen LogP contribution in [-0.2, 0) is 0 Å². The number of hydrogen-bond acceptors (Lipinski definition) is 3. The molecule has 0 saturated carbocycles. The maximum absolute atomic E-state index is 11.1. The number of aryl methyl sites for hydroxylation is 1. The molecule has 0 amide bonds. The van der Waals surface area contributed by atoms with E-state index in [0.29, 0.717) is 9.92 Å². The first kappa shape index (κ1) is 12.9. The van der Waals surface area contributed by atoms with Crippen molar-refractivity contribution in [2.24, 2.45) is 0 Å². The summed E-state index contributed by atoms with van der Waals surface area (Å²) in [5.41, 5.74) is 0.982. The zero-order valence-corrected chi connectivity index (χ0v) is 11.1. The summed E-state index contributed by atoms with van der Waals surface area (Å²) >= 11 is 7.27. The average molecular weight is 280 g/mol. The molecule has 2 aromatic rings. The van der Waals surface area contributed by atoms with Crippen LogP contribution in [0.15, 0.2) is 46.3 Å². The Labute approximate surface area is 114 Å². The van der Waals surface area contributed by atoms with Crippen molar-refractivity contribution in [3.8, 4) is 0 Å². The predicted octanol–water partition coefficient (Wildman–Crippen LogP) is 3.89. The number of carboxylic acids is 1. The summed E-state index contributed by atoms with van der Waals surface area (Å²) in [6.07, 6.45) is 1.38. The van der Waals surface area contributed by atoms with Crippen molar-refractivity contribution in [1.29, 1.82) is 0 Å². The van der Waals surface area contributed by atoms with Crippen LogP contribution in [0.3, 0.4) is 0 Å². The lowest BCUT2D eigenvalue weighted by Gasteiger charge is -2.06. The highest BCUT2D eigenvalue weighted by molar-refractivity contribution is 7.99. The van der Waals surface area contributed by atoms with Crippen molar-refractivity contribution in [3.05, 3.63) is 52.8 Å². The SMILES string of the molecule is Cc1cc(Sc2cccc(Cl)c2)c(C(=O)O)cn1. The van der Waals surface area contributed by atoms with Crippen molar-refractivity contribution in [2.45, 2.75) is 16.7 Å². The predicted molar refractivity (Wildman–Crippen MR) is 71.5 cm³/mol. The van der Waals surface area contributed by atoms with Gasteiger partial charge in [-0.15, -0.1) is 0 Å². The summed E-state index contributed by atoms with van der Waals surface area (Å²) in [6, 6.07) is 9.06. The summed E-state index contributed by atoms with van der Waals surface area (Å²) in [7, 11) is 0. The van der Waals surface area contributed by atoms with Gasteiger partial charge >= 0.3 is 5.97 Å². The molecular weight excluding hydrogens is 270 g/mol. The van der Waals surface area contributed by atoms with Crippen molar-refractivity contribution in [3.63, 3.8) is 0 Å². The zero-order valence-electron chi connectivity index (χ0n) is 9.55. The molecule has 0 saturated heterocycles. The molecular formula is C13H10ClNO2S. The Balaban J connectivity index is 2.39. The zero-order chi connectivity index (χ0) is 13.1. The first-order chi connectivity index (χ1) is 8.56. The number of hydrogen-bond donors (Lipinski definition) is 1. The number of aromatic carboxylic acids is 1. The van der Waals surface area contributed by atoms with Crippen LogP contribution in [0.25, 0.3) is 0 Å². The molecule has 0 fully saturated rings. The van der Waals surface area contributed by atoms with E-state index in [1.807, 2.05) is 19.1 Å². The van der Waals surface area contributed by atoms with Gasteiger partial charge in [0.2, 0.25) is 0 Å². The Morgan fingerprint density at radius 1 is 1.39 bits per heavy atom. The Bertz CT molecular complexity index is 601. The molecule has 1 heterocycles. The van der Waals surface area contributed by atoms with Crippen LogP contribution in [0.2, 0.25) is 5.02 Å². The van der Waals surface area contributed by atoms with Crippen LogP contribution in [0.5, 0.6) is 0 Å². The van der Waals surface area contributed by atoms with Gasteiger partial charge in [-0.05, 0) is 31.2 Å². The molecule has 0 atom stereocenters. The van der Waals surface area contributed by atoms with E-state index in [9.17, 15) is 4.79 Å². The van der Waals surface area contributed by atoms with E-state index < -0.39 is 5.97 Å². The van der Waals surface area contributed by atoms with E-state index >= 15 is 0 Å². The van der Waals surface area contributed by atoms with Crippen LogP contribution < -0.4 is 0 Å². The standard InChI is InChI=1S/C13H10ClNO2S/c1-8-5-12(11(7-15-8)13(16)17)18-10-4-2-3-9(14)6-10/h2-7H,1H3,(H,16,17). The van der Waals surface area contributed by atoms with E-state index in [2.05, 4.69) is 4.98 Å². The third-order valence-electron chi connectivity index (χ3n) is 2.26.